The van der Waals surface area contributed by atoms with E-state index in [2.05, 4.69) is 25.9 Å². The molecule has 128 valence electrons. The maximum Gasteiger partial charge on any atom is 0.251 e. The molecule has 3 N–H and O–H groups in total. The van der Waals surface area contributed by atoms with Gasteiger partial charge in [0.15, 0.2) is 5.96 Å². The van der Waals surface area contributed by atoms with Crippen molar-refractivity contribution in [2.75, 3.05) is 14.1 Å². The van der Waals surface area contributed by atoms with Crippen LogP contribution in [0.1, 0.15) is 21.6 Å². The molecular formula is C17H22IN5O. The van der Waals surface area contributed by atoms with E-state index in [0.717, 1.165) is 11.3 Å². The monoisotopic (exact) mass is 439 g/mol. The van der Waals surface area contributed by atoms with Crippen LogP contribution < -0.4 is 16.0 Å². The number of carbonyl (C=O) groups excluding carboxylic acids is 1. The largest absolute Gasteiger partial charge is 0.355 e. The summed E-state index contributed by atoms with van der Waals surface area (Å²) in [5, 5.41) is 9.04. The first-order valence-electron chi connectivity index (χ1n) is 7.38. The highest BCUT2D eigenvalue weighted by atomic mass is 127. The third-order valence-corrected chi connectivity index (χ3v) is 3.29. The number of pyridine rings is 1. The number of halogens is 1. The summed E-state index contributed by atoms with van der Waals surface area (Å²) in [5.41, 5.74) is 2.66. The lowest BCUT2D eigenvalue weighted by atomic mass is 10.1. The number of benzene rings is 1. The Morgan fingerprint density at radius 3 is 2.38 bits per heavy atom. The van der Waals surface area contributed by atoms with Gasteiger partial charge < -0.3 is 16.0 Å². The van der Waals surface area contributed by atoms with E-state index in [1.807, 2.05) is 30.3 Å². The Bertz CT molecular complexity index is 658. The molecule has 0 fully saturated rings. The Labute approximate surface area is 159 Å². The zero-order valence-electron chi connectivity index (χ0n) is 13.7. The second kappa shape index (κ2) is 10.6. The molecule has 1 aromatic heterocycles. The zero-order chi connectivity index (χ0) is 16.5. The summed E-state index contributed by atoms with van der Waals surface area (Å²) in [6.07, 6.45) is 1.77. The van der Waals surface area contributed by atoms with Gasteiger partial charge in [0.25, 0.3) is 5.91 Å². The van der Waals surface area contributed by atoms with Crippen molar-refractivity contribution in [1.82, 2.24) is 20.9 Å². The standard InChI is InChI=1S/C17H21N5O.HI/c1-18-16(23)14-8-6-13(7-9-14)11-21-17(19-2)22-12-15-5-3-4-10-20-15;/h3-10H,11-12H2,1-2H3,(H,18,23)(H2,19,21,22);1H. The Balaban J connectivity index is 0.00000288. The third-order valence-electron chi connectivity index (χ3n) is 3.29. The molecule has 24 heavy (non-hydrogen) atoms. The fourth-order valence-electron chi connectivity index (χ4n) is 2.00. The number of aliphatic imine (C=N–C) groups is 1. The summed E-state index contributed by atoms with van der Waals surface area (Å²) in [6, 6.07) is 13.2. The number of carbonyl (C=O) groups is 1. The normalized spacial score (nSPS) is 10.5. The molecule has 2 aromatic rings. The lowest BCUT2D eigenvalue weighted by Crippen LogP contribution is -2.36. The van der Waals surface area contributed by atoms with Gasteiger partial charge in [0.05, 0.1) is 12.2 Å². The first-order valence-corrected chi connectivity index (χ1v) is 7.38. The lowest BCUT2D eigenvalue weighted by molar-refractivity contribution is 0.0963. The van der Waals surface area contributed by atoms with Crippen LogP contribution in [0.2, 0.25) is 0 Å². The SMILES string of the molecule is CN=C(NCc1ccc(C(=O)NC)cc1)NCc1ccccn1.I. The highest BCUT2D eigenvalue weighted by molar-refractivity contribution is 14.0. The van der Waals surface area contributed by atoms with Gasteiger partial charge in [-0.15, -0.1) is 24.0 Å². The van der Waals surface area contributed by atoms with Crippen LogP contribution in [0.5, 0.6) is 0 Å². The Hall–Kier alpha value is -2.16. The fourth-order valence-corrected chi connectivity index (χ4v) is 2.00. The van der Waals surface area contributed by atoms with Gasteiger partial charge in [0.1, 0.15) is 0 Å². The zero-order valence-corrected chi connectivity index (χ0v) is 16.1. The second-order valence-electron chi connectivity index (χ2n) is 4.88. The van der Waals surface area contributed by atoms with Crippen molar-refractivity contribution in [2.24, 2.45) is 4.99 Å². The minimum atomic E-state index is -0.0858. The maximum absolute atomic E-state index is 11.5. The average Bonchev–Trinajstić information content (AvgIpc) is 2.62. The first kappa shape index (κ1) is 19.9. The predicted molar refractivity (Wildman–Crippen MR) is 107 cm³/mol. The first-order chi connectivity index (χ1) is 11.2. The van der Waals surface area contributed by atoms with Crippen LogP contribution in [-0.2, 0) is 13.1 Å². The molecule has 0 saturated carbocycles. The number of rotatable bonds is 5. The van der Waals surface area contributed by atoms with Crippen LogP contribution in [0.25, 0.3) is 0 Å². The Morgan fingerprint density at radius 2 is 1.79 bits per heavy atom. The van der Waals surface area contributed by atoms with Crippen molar-refractivity contribution in [3.05, 3.63) is 65.5 Å². The van der Waals surface area contributed by atoms with E-state index in [9.17, 15) is 4.79 Å². The molecule has 7 heteroatoms. The predicted octanol–water partition coefficient (Wildman–Crippen LogP) is 1.92. The van der Waals surface area contributed by atoms with Crippen LogP contribution in [0, 0.1) is 0 Å². The lowest BCUT2D eigenvalue weighted by Gasteiger charge is -2.12. The second-order valence-corrected chi connectivity index (χ2v) is 4.88. The van der Waals surface area contributed by atoms with Crippen LogP contribution in [-0.4, -0.2) is 30.9 Å². The Kier molecular flexibility index (Phi) is 8.77. The molecule has 0 aliphatic rings. The molecular weight excluding hydrogens is 417 g/mol. The number of guanidine groups is 1. The minimum Gasteiger partial charge on any atom is -0.355 e. The molecule has 0 aliphatic heterocycles. The van der Waals surface area contributed by atoms with Gasteiger partial charge in [-0.1, -0.05) is 18.2 Å². The number of nitrogens with zero attached hydrogens (tertiary/aromatic N) is 2. The topological polar surface area (TPSA) is 78.4 Å². The highest BCUT2D eigenvalue weighted by Crippen LogP contribution is 2.04. The van der Waals surface area contributed by atoms with E-state index in [1.54, 1.807) is 32.4 Å². The number of aromatic nitrogens is 1. The van der Waals surface area contributed by atoms with Gasteiger partial charge in [-0.3, -0.25) is 14.8 Å². The summed E-state index contributed by atoms with van der Waals surface area (Å²) < 4.78 is 0. The van der Waals surface area contributed by atoms with Crippen LogP contribution in [0.15, 0.2) is 53.7 Å². The van der Waals surface area contributed by atoms with E-state index in [1.165, 1.54) is 0 Å². The van der Waals surface area contributed by atoms with Crippen molar-refractivity contribution >= 4 is 35.8 Å². The van der Waals surface area contributed by atoms with Crippen LogP contribution in [0.3, 0.4) is 0 Å². The van der Waals surface area contributed by atoms with E-state index in [-0.39, 0.29) is 29.9 Å². The molecule has 0 atom stereocenters. The molecule has 2 rings (SSSR count). The molecule has 1 heterocycles. The smallest absolute Gasteiger partial charge is 0.251 e. The molecule has 1 aromatic carbocycles. The third kappa shape index (κ3) is 6.15. The number of hydrogen-bond donors (Lipinski definition) is 3. The van der Waals surface area contributed by atoms with Gasteiger partial charge in [-0.25, -0.2) is 0 Å². The van der Waals surface area contributed by atoms with Gasteiger partial charge in [-0.05, 0) is 29.8 Å². The average molecular weight is 439 g/mol. The minimum absolute atomic E-state index is 0. The highest BCUT2D eigenvalue weighted by Gasteiger charge is 2.03. The fraction of sp³-hybridized carbons (Fsp3) is 0.235. The molecule has 0 spiro atoms. The summed E-state index contributed by atoms with van der Waals surface area (Å²) in [7, 11) is 3.34. The number of hydrogen-bond acceptors (Lipinski definition) is 3. The van der Waals surface area contributed by atoms with E-state index < -0.39 is 0 Å². The Morgan fingerprint density at radius 1 is 1.08 bits per heavy atom. The summed E-state index contributed by atoms with van der Waals surface area (Å²) >= 11 is 0. The molecule has 0 saturated heterocycles. The number of amides is 1. The van der Waals surface area contributed by atoms with Crippen LogP contribution in [0.4, 0.5) is 0 Å². The number of nitrogens with one attached hydrogen (secondary N) is 3. The maximum atomic E-state index is 11.5. The molecule has 0 bridgehead atoms. The molecule has 0 radical (unpaired) electrons. The van der Waals surface area contributed by atoms with Gasteiger partial charge >= 0.3 is 0 Å². The van der Waals surface area contributed by atoms with Gasteiger partial charge in [0.2, 0.25) is 0 Å². The van der Waals surface area contributed by atoms with Gasteiger partial charge in [0, 0.05) is 32.4 Å². The quantitative estimate of drug-likeness (QED) is 0.378. The molecule has 6 nitrogen and oxygen atoms in total. The molecule has 0 aliphatic carbocycles. The van der Waals surface area contributed by atoms with E-state index >= 15 is 0 Å². The molecule has 1 amide bonds. The van der Waals surface area contributed by atoms with Gasteiger partial charge in [-0.2, -0.15) is 0 Å². The summed E-state index contributed by atoms with van der Waals surface area (Å²) in [5.74, 6) is 0.614. The van der Waals surface area contributed by atoms with Crippen molar-refractivity contribution in [3.63, 3.8) is 0 Å². The summed E-state index contributed by atoms with van der Waals surface area (Å²) in [4.78, 5) is 19.9. The van der Waals surface area contributed by atoms with Crippen molar-refractivity contribution in [3.8, 4) is 0 Å². The van der Waals surface area contributed by atoms with Crippen molar-refractivity contribution < 1.29 is 4.79 Å². The molecule has 0 unspecified atom stereocenters. The van der Waals surface area contributed by atoms with Crippen LogP contribution >= 0.6 is 24.0 Å². The summed E-state index contributed by atoms with van der Waals surface area (Å²) in [6.45, 7) is 1.23. The van der Waals surface area contributed by atoms with E-state index in [4.69, 9.17) is 0 Å². The van der Waals surface area contributed by atoms with Crippen molar-refractivity contribution in [2.45, 2.75) is 13.1 Å². The van der Waals surface area contributed by atoms with Crippen molar-refractivity contribution in [1.29, 1.82) is 0 Å². The van der Waals surface area contributed by atoms with E-state index in [0.29, 0.717) is 24.6 Å².